The minimum Gasteiger partial charge on any atom is -0.452 e. The normalized spacial score (nSPS) is 10.1. The second kappa shape index (κ2) is 8.43. The Kier molecular flexibility index (Phi) is 6.29. The van der Waals surface area contributed by atoms with E-state index < -0.39 is 23.4 Å². The summed E-state index contributed by atoms with van der Waals surface area (Å²) >= 11 is 3.33. The molecule has 136 valence electrons. The van der Waals surface area contributed by atoms with Gasteiger partial charge in [0.05, 0.1) is 10.5 Å². The summed E-state index contributed by atoms with van der Waals surface area (Å²) in [6, 6.07) is 9.23. The van der Waals surface area contributed by atoms with Gasteiger partial charge in [-0.05, 0) is 42.8 Å². The van der Waals surface area contributed by atoms with Crippen LogP contribution in [0.3, 0.4) is 0 Å². The summed E-state index contributed by atoms with van der Waals surface area (Å²) in [6.07, 6.45) is 0. The number of aryl methyl sites for hydroxylation is 1. The van der Waals surface area contributed by atoms with Crippen molar-refractivity contribution in [2.24, 2.45) is 0 Å². The molecule has 0 fully saturated rings. The van der Waals surface area contributed by atoms with Crippen LogP contribution < -0.4 is 10.6 Å². The highest BCUT2D eigenvalue weighted by Gasteiger charge is 2.18. The average Bonchev–Trinajstić information content (AvgIpc) is 2.61. The molecule has 2 aromatic rings. The Bertz CT molecular complexity index is 869. The van der Waals surface area contributed by atoms with Gasteiger partial charge in [-0.2, -0.15) is 0 Å². The molecule has 0 atom stereocenters. The number of anilines is 2. The van der Waals surface area contributed by atoms with Gasteiger partial charge in [-0.25, -0.2) is 4.79 Å². The Morgan fingerprint density at radius 2 is 1.88 bits per heavy atom. The molecule has 0 aromatic heterocycles. The van der Waals surface area contributed by atoms with Crippen LogP contribution in [0.5, 0.6) is 0 Å². The van der Waals surface area contributed by atoms with E-state index in [1.807, 2.05) is 13.0 Å². The van der Waals surface area contributed by atoms with Crippen LogP contribution in [0.4, 0.5) is 17.1 Å². The summed E-state index contributed by atoms with van der Waals surface area (Å²) in [5.74, 6) is -1.33. The lowest BCUT2D eigenvalue weighted by atomic mass is 10.1. The molecule has 0 aliphatic rings. The number of carbonyl (C=O) groups is 2. The van der Waals surface area contributed by atoms with E-state index in [9.17, 15) is 19.7 Å². The molecule has 1 amide bonds. The smallest absolute Gasteiger partial charge is 0.338 e. The van der Waals surface area contributed by atoms with Crippen molar-refractivity contribution in [2.75, 3.05) is 24.3 Å². The fraction of sp³-hybridized carbons (Fsp3) is 0.176. The molecule has 0 saturated heterocycles. The third kappa shape index (κ3) is 4.79. The standard InChI is InChI=1S/C17H16BrN3O5/c1-10-7-12(18)4-6-13(10)20-16(22)9-26-17(23)11-3-5-14(19-2)15(8-11)21(24)25/h3-8,19H,9H2,1-2H3,(H,20,22). The summed E-state index contributed by atoms with van der Waals surface area (Å²) in [7, 11) is 1.54. The molecule has 0 unspecified atom stereocenters. The summed E-state index contributed by atoms with van der Waals surface area (Å²) in [4.78, 5) is 34.4. The van der Waals surface area contributed by atoms with Gasteiger partial charge in [-0.3, -0.25) is 14.9 Å². The van der Waals surface area contributed by atoms with E-state index in [4.69, 9.17) is 4.74 Å². The minimum absolute atomic E-state index is 0.0108. The molecule has 0 heterocycles. The van der Waals surface area contributed by atoms with Crippen LogP contribution in [0.15, 0.2) is 40.9 Å². The van der Waals surface area contributed by atoms with Crippen LogP contribution in [0.25, 0.3) is 0 Å². The highest BCUT2D eigenvalue weighted by atomic mass is 79.9. The third-order valence-corrected chi connectivity index (χ3v) is 3.99. The molecule has 2 N–H and O–H groups in total. The van der Waals surface area contributed by atoms with Gasteiger partial charge >= 0.3 is 5.97 Å². The van der Waals surface area contributed by atoms with E-state index in [1.54, 1.807) is 12.1 Å². The van der Waals surface area contributed by atoms with Crippen molar-refractivity contribution in [3.63, 3.8) is 0 Å². The summed E-state index contributed by atoms with van der Waals surface area (Å²) in [6.45, 7) is 1.32. The van der Waals surface area contributed by atoms with Crippen molar-refractivity contribution in [3.8, 4) is 0 Å². The number of nitro benzene ring substituents is 1. The van der Waals surface area contributed by atoms with Crippen molar-refractivity contribution >= 4 is 44.9 Å². The molecule has 0 spiro atoms. The number of amides is 1. The highest BCUT2D eigenvalue weighted by molar-refractivity contribution is 9.10. The minimum atomic E-state index is -0.821. The van der Waals surface area contributed by atoms with Crippen LogP contribution in [0, 0.1) is 17.0 Å². The van der Waals surface area contributed by atoms with Crippen molar-refractivity contribution in [3.05, 3.63) is 62.1 Å². The Labute approximate surface area is 157 Å². The maximum Gasteiger partial charge on any atom is 0.338 e. The number of halogens is 1. The van der Waals surface area contributed by atoms with Crippen LogP contribution in [-0.4, -0.2) is 30.5 Å². The number of esters is 1. The Morgan fingerprint density at radius 3 is 2.50 bits per heavy atom. The Morgan fingerprint density at radius 1 is 1.19 bits per heavy atom. The number of ether oxygens (including phenoxy) is 1. The van der Waals surface area contributed by atoms with E-state index >= 15 is 0 Å². The SMILES string of the molecule is CNc1ccc(C(=O)OCC(=O)Nc2ccc(Br)cc2C)cc1[N+](=O)[O-]. The number of carbonyl (C=O) groups excluding carboxylic acids is 2. The quantitative estimate of drug-likeness (QED) is 0.419. The lowest BCUT2D eigenvalue weighted by Gasteiger charge is -2.09. The second-order valence-electron chi connectivity index (χ2n) is 5.32. The van der Waals surface area contributed by atoms with Gasteiger partial charge in [-0.1, -0.05) is 15.9 Å². The van der Waals surface area contributed by atoms with E-state index in [2.05, 4.69) is 26.6 Å². The predicted molar refractivity (Wildman–Crippen MR) is 100 cm³/mol. The zero-order chi connectivity index (χ0) is 19.3. The molecule has 2 rings (SSSR count). The van der Waals surface area contributed by atoms with E-state index in [0.717, 1.165) is 16.1 Å². The van der Waals surface area contributed by atoms with E-state index in [0.29, 0.717) is 5.69 Å². The molecule has 0 radical (unpaired) electrons. The summed E-state index contributed by atoms with van der Waals surface area (Å²) < 4.78 is 5.81. The molecule has 8 nitrogen and oxygen atoms in total. The van der Waals surface area contributed by atoms with Gasteiger partial charge in [0.2, 0.25) is 0 Å². The van der Waals surface area contributed by atoms with Crippen LogP contribution in [-0.2, 0) is 9.53 Å². The lowest BCUT2D eigenvalue weighted by molar-refractivity contribution is -0.384. The van der Waals surface area contributed by atoms with Crippen LogP contribution >= 0.6 is 15.9 Å². The number of nitro groups is 1. The Balaban J connectivity index is 2.00. The maximum absolute atomic E-state index is 12.0. The molecule has 26 heavy (non-hydrogen) atoms. The molecule has 0 aliphatic carbocycles. The number of benzene rings is 2. The van der Waals surface area contributed by atoms with Gasteiger partial charge in [-0.15, -0.1) is 0 Å². The highest BCUT2D eigenvalue weighted by Crippen LogP contribution is 2.25. The second-order valence-corrected chi connectivity index (χ2v) is 6.24. The fourth-order valence-electron chi connectivity index (χ4n) is 2.19. The van der Waals surface area contributed by atoms with Gasteiger partial charge in [0, 0.05) is 23.3 Å². The predicted octanol–water partition coefficient (Wildman–Crippen LogP) is 3.50. The molecule has 0 aliphatic heterocycles. The third-order valence-electron chi connectivity index (χ3n) is 3.50. The first-order valence-electron chi connectivity index (χ1n) is 7.51. The van der Waals surface area contributed by atoms with Gasteiger partial charge in [0.1, 0.15) is 5.69 Å². The van der Waals surface area contributed by atoms with E-state index in [1.165, 1.54) is 19.2 Å². The zero-order valence-electron chi connectivity index (χ0n) is 14.0. The largest absolute Gasteiger partial charge is 0.452 e. The number of rotatable bonds is 6. The molecule has 0 bridgehead atoms. The van der Waals surface area contributed by atoms with Crippen molar-refractivity contribution < 1.29 is 19.2 Å². The molecular formula is C17H16BrN3O5. The number of hydrogen-bond donors (Lipinski definition) is 2. The summed E-state index contributed by atoms with van der Waals surface area (Å²) in [5.41, 5.74) is 1.45. The topological polar surface area (TPSA) is 111 Å². The molecule has 0 saturated carbocycles. The first kappa shape index (κ1) is 19.4. The Hall–Kier alpha value is -2.94. The van der Waals surface area contributed by atoms with Crippen LogP contribution in [0.1, 0.15) is 15.9 Å². The van der Waals surface area contributed by atoms with Crippen molar-refractivity contribution in [2.45, 2.75) is 6.92 Å². The maximum atomic E-state index is 12.0. The fourth-order valence-corrected chi connectivity index (χ4v) is 2.66. The van der Waals surface area contributed by atoms with Crippen LogP contribution in [0.2, 0.25) is 0 Å². The zero-order valence-corrected chi connectivity index (χ0v) is 15.6. The van der Waals surface area contributed by atoms with Crippen molar-refractivity contribution in [1.29, 1.82) is 0 Å². The van der Waals surface area contributed by atoms with Crippen molar-refractivity contribution in [1.82, 2.24) is 0 Å². The first-order valence-corrected chi connectivity index (χ1v) is 8.30. The first-order chi connectivity index (χ1) is 12.3. The number of nitrogens with one attached hydrogen (secondary N) is 2. The monoisotopic (exact) mass is 421 g/mol. The van der Waals surface area contributed by atoms with Gasteiger partial charge in [0.15, 0.2) is 6.61 Å². The van der Waals surface area contributed by atoms with Gasteiger partial charge < -0.3 is 15.4 Å². The number of hydrogen-bond acceptors (Lipinski definition) is 6. The molecule has 9 heteroatoms. The lowest BCUT2D eigenvalue weighted by Crippen LogP contribution is -2.21. The number of nitrogens with zero attached hydrogens (tertiary/aromatic N) is 1. The van der Waals surface area contributed by atoms with E-state index in [-0.39, 0.29) is 16.9 Å². The molecular weight excluding hydrogens is 406 g/mol. The molecule has 2 aromatic carbocycles. The van der Waals surface area contributed by atoms with Gasteiger partial charge in [0.25, 0.3) is 11.6 Å². The summed E-state index contributed by atoms with van der Waals surface area (Å²) in [5, 5.41) is 16.3. The average molecular weight is 422 g/mol.